The van der Waals surface area contributed by atoms with Crippen LogP contribution in [-0.2, 0) is 26.5 Å². The number of hydrogen-bond acceptors (Lipinski definition) is 6. The lowest BCUT2D eigenvalue weighted by Crippen LogP contribution is -2.50. The summed E-state index contributed by atoms with van der Waals surface area (Å²) in [5.41, 5.74) is 1.90. The van der Waals surface area contributed by atoms with Crippen LogP contribution in [0.4, 0.5) is 5.69 Å². The van der Waals surface area contributed by atoms with Crippen molar-refractivity contribution in [2.45, 2.75) is 24.3 Å². The molecule has 1 fully saturated rings. The van der Waals surface area contributed by atoms with Gasteiger partial charge in [0, 0.05) is 37.8 Å². The van der Waals surface area contributed by atoms with Crippen molar-refractivity contribution in [3.05, 3.63) is 53.6 Å². The average Bonchev–Trinajstić information content (AvgIpc) is 3.14. The fourth-order valence-electron chi connectivity index (χ4n) is 4.45. The molecular weight excluding hydrogens is 466 g/mol. The second-order valence-corrected chi connectivity index (χ2v) is 12.1. The Bertz CT molecular complexity index is 1270. The molecule has 2 heterocycles. The number of carbonyl (C=O) groups is 1. The van der Waals surface area contributed by atoms with Crippen molar-refractivity contribution in [2.24, 2.45) is 0 Å². The van der Waals surface area contributed by atoms with E-state index in [1.54, 1.807) is 35.2 Å². The molecule has 2 aliphatic rings. The molecule has 2 aliphatic heterocycles. The highest BCUT2D eigenvalue weighted by Gasteiger charge is 2.34. The van der Waals surface area contributed by atoms with Crippen molar-refractivity contribution in [1.82, 2.24) is 9.21 Å². The highest BCUT2D eigenvalue weighted by atomic mass is 32.2. The van der Waals surface area contributed by atoms with Gasteiger partial charge in [0.15, 0.2) is 0 Å². The van der Waals surface area contributed by atoms with Gasteiger partial charge >= 0.3 is 0 Å². The molecule has 33 heavy (non-hydrogen) atoms. The number of methoxy groups -OCH3 is 1. The van der Waals surface area contributed by atoms with Gasteiger partial charge in [-0.2, -0.15) is 4.31 Å². The van der Waals surface area contributed by atoms with Crippen LogP contribution < -0.4 is 9.04 Å². The van der Waals surface area contributed by atoms with Gasteiger partial charge in [-0.3, -0.25) is 9.10 Å². The number of rotatable bonds is 5. The first-order valence-corrected chi connectivity index (χ1v) is 13.9. The van der Waals surface area contributed by atoms with Crippen molar-refractivity contribution < 1.29 is 26.4 Å². The smallest absolute Gasteiger partial charge is 0.253 e. The predicted octanol–water partition coefficient (Wildman–Crippen LogP) is 1.55. The number of carbonyl (C=O) groups excluding carboxylic acids is 1. The standard InChI is InChI=1S/C22H27N3O6S2/c1-16-14-18-15-17(4-9-21(18)25(16)32(3,27)28)22(26)23-10-12-24(13-11-23)33(29,30)20-7-5-19(31-2)6-8-20/h4-9,15-16H,10-14H2,1-3H3. The van der Waals surface area contributed by atoms with E-state index >= 15 is 0 Å². The van der Waals surface area contributed by atoms with Gasteiger partial charge in [0.05, 0.1) is 23.9 Å². The van der Waals surface area contributed by atoms with E-state index in [2.05, 4.69) is 0 Å². The molecule has 1 atom stereocenters. The average molecular weight is 494 g/mol. The summed E-state index contributed by atoms with van der Waals surface area (Å²) in [6.45, 7) is 2.78. The van der Waals surface area contributed by atoms with Crippen molar-refractivity contribution in [3.8, 4) is 5.75 Å². The van der Waals surface area contributed by atoms with Crippen LogP contribution in [0, 0.1) is 0 Å². The normalized spacial score (nSPS) is 19.4. The third-order valence-corrected chi connectivity index (χ3v) is 9.24. The highest BCUT2D eigenvalue weighted by molar-refractivity contribution is 7.92. The van der Waals surface area contributed by atoms with E-state index in [1.165, 1.54) is 34.1 Å². The van der Waals surface area contributed by atoms with Gasteiger partial charge in [0.1, 0.15) is 5.75 Å². The monoisotopic (exact) mass is 493 g/mol. The van der Waals surface area contributed by atoms with Crippen molar-refractivity contribution in [3.63, 3.8) is 0 Å². The van der Waals surface area contributed by atoms with Gasteiger partial charge in [0.25, 0.3) is 5.91 Å². The molecule has 0 saturated carbocycles. The highest BCUT2D eigenvalue weighted by Crippen LogP contribution is 2.35. The molecule has 9 nitrogen and oxygen atoms in total. The first-order valence-electron chi connectivity index (χ1n) is 10.6. The summed E-state index contributed by atoms with van der Waals surface area (Å²) < 4.78 is 57.9. The molecule has 0 aromatic heterocycles. The molecule has 0 bridgehead atoms. The number of anilines is 1. The summed E-state index contributed by atoms with van der Waals surface area (Å²) in [6.07, 6.45) is 1.72. The third-order valence-electron chi connectivity index (χ3n) is 6.06. The topological polar surface area (TPSA) is 104 Å². The minimum absolute atomic E-state index is 0.186. The number of ether oxygens (including phenoxy) is 1. The number of hydrogen-bond donors (Lipinski definition) is 0. The van der Waals surface area contributed by atoms with Gasteiger partial charge in [-0.15, -0.1) is 0 Å². The number of fused-ring (bicyclic) bond motifs is 1. The first-order chi connectivity index (χ1) is 15.5. The van der Waals surface area contributed by atoms with Crippen LogP contribution in [0.2, 0.25) is 0 Å². The zero-order valence-corrected chi connectivity index (χ0v) is 20.4. The minimum Gasteiger partial charge on any atom is -0.497 e. The summed E-state index contributed by atoms with van der Waals surface area (Å²) in [5, 5.41) is 0. The summed E-state index contributed by atoms with van der Waals surface area (Å²) in [4.78, 5) is 14.9. The van der Waals surface area contributed by atoms with Crippen LogP contribution in [0.15, 0.2) is 47.4 Å². The Hall–Kier alpha value is -2.63. The van der Waals surface area contributed by atoms with E-state index in [4.69, 9.17) is 4.74 Å². The van der Waals surface area contributed by atoms with Crippen LogP contribution in [0.25, 0.3) is 0 Å². The molecule has 0 spiro atoms. The molecule has 2 aromatic carbocycles. The van der Waals surface area contributed by atoms with Crippen molar-refractivity contribution in [2.75, 3.05) is 43.8 Å². The molecule has 0 radical (unpaired) electrons. The van der Waals surface area contributed by atoms with Crippen LogP contribution in [0.1, 0.15) is 22.8 Å². The second kappa shape index (κ2) is 8.62. The quantitative estimate of drug-likeness (QED) is 0.626. The van der Waals surface area contributed by atoms with E-state index in [-0.39, 0.29) is 43.0 Å². The van der Waals surface area contributed by atoms with Gasteiger partial charge < -0.3 is 9.64 Å². The minimum atomic E-state index is -3.66. The summed E-state index contributed by atoms with van der Waals surface area (Å²) in [5.74, 6) is 0.387. The van der Waals surface area contributed by atoms with Gasteiger partial charge in [0.2, 0.25) is 20.0 Å². The summed E-state index contributed by atoms with van der Waals surface area (Å²) in [6, 6.07) is 11.1. The largest absolute Gasteiger partial charge is 0.497 e. The fourth-order valence-corrected chi connectivity index (χ4v) is 7.14. The second-order valence-electron chi connectivity index (χ2n) is 8.33. The fraction of sp³-hybridized carbons (Fsp3) is 0.409. The van der Waals surface area contributed by atoms with Gasteiger partial charge in [-0.1, -0.05) is 0 Å². The van der Waals surface area contributed by atoms with Crippen molar-refractivity contribution >= 4 is 31.6 Å². The first kappa shape index (κ1) is 23.5. The van der Waals surface area contributed by atoms with E-state index in [9.17, 15) is 21.6 Å². The maximum Gasteiger partial charge on any atom is 0.253 e. The molecule has 0 N–H and O–H groups in total. The van der Waals surface area contributed by atoms with E-state index in [0.717, 1.165) is 5.56 Å². The molecule has 178 valence electrons. The zero-order chi connectivity index (χ0) is 24.0. The van der Waals surface area contributed by atoms with E-state index in [1.807, 2.05) is 6.92 Å². The number of benzene rings is 2. The van der Waals surface area contributed by atoms with Crippen LogP contribution in [0.3, 0.4) is 0 Å². The predicted molar refractivity (Wildman–Crippen MR) is 125 cm³/mol. The molecule has 1 amide bonds. The molecule has 4 rings (SSSR count). The number of piperazine rings is 1. The van der Waals surface area contributed by atoms with Gasteiger partial charge in [-0.05, 0) is 61.4 Å². The zero-order valence-electron chi connectivity index (χ0n) is 18.8. The number of sulfonamides is 2. The number of nitrogens with zero attached hydrogens (tertiary/aromatic N) is 3. The third kappa shape index (κ3) is 4.44. The van der Waals surface area contributed by atoms with Gasteiger partial charge in [-0.25, -0.2) is 16.8 Å². The maximum absolute atomic E-state index is 13.1. The molecule has 1 saturated heterocycles. The number of amides is 1. The van der Waals surface area contributed by atoms with Crippen LogP contribution in [0.5, 0.6) is 5.75 Å². The molecule has 11 heteroatoms. The van der Waals surface area contributed by atoms with Crippen LogP contribution >= 0.6 is 0 Å². The SMILES string of the molecule is COc1ccc(S(=O)(=O)N2CCN(C(=O)c3ccc4c(c3)CC(C)N4S(C)(=O)=O)CC2)cc1. The van der Waals surface area contributed by atoms with E-state index < -0.39 is 20.0 Å². The Morgan fingerprint density at radius 3 is 2.18 bits per heavy atom. The van der Waals surface area contributed by atoms with Crippen LogP contribution in [-0.4, -0.2) is 77.5 Å². The lowest BCUT2D eigenvalue weighted by molar-refractivity contribution is 0.0698. The molecule has 0 aliphatic carbocycles. The Morgan fingerprint density at radius 1 is 0.970 bits per heavy atom. The maximum atomic E-state index is 13.1. The molecule has 2 aromatic rings. The Balaban J connectivity index is 1.45. The summed E-state index contributed by atoms with van der Waals surface area (Å²) in [7, 11) is -5.54. The lowest BCUT2D eigenvalue weighted by atomic mass is 10.1. The Kier molecular flexibility index (Phi) is 6.14. The molecular formula is C22H27N3O6S2. The van der Waals surface area contributed by atoms with E-state index in [0.29, 0.717) is 23.4 Å². The lowest BCUT2D eigenvalue weighted by Gasteiger charge is -2.34. The van der Waals surface area contributed by atoms with Crippen molar-refractivity contribution in [1.29, 1.82) is 0 Å². The summed E-state index contributed by atoms with van der Waals surface area (Å²) >= 11 is 0. The Morgan fingerprint density at radius 2 is 1.61 bits per heavy atom. The Labute approximate surface area is 194 Å². The molecule has 1 unspecified atom stereocenters.